The molecule has 0 aromatic carbocycles. The summed E-state index contributed by atoms with van der Waals surface area (Å²) in [4.78, 5) is 21.3. The molecule has 0 aliphatic rings. The minimum Gasteiger partial charge on any atom is -0.481 e. The molecule has 0 aliphatic heterocycles. The van der Waals surface area contributed by atoms with E-state index in [1.54, 1.807) is 0 Å². The molecule has 2 N–H and O–H groups in total. The zero-order chi connectivity index (χ0) is 11.7. The van der Waals surface area contributed by atoms with Gasteiger partial charge in [-0.25, -0.2) is 4.79 Å². The number of carboxylic acid groups (broad SMARTS) is 1. The van der Waals surface area contributed by atoms with Crippen molar-refractivity contribution in [3.8, 4) is 0 Å². The standard InChI is InChI=1S/C9H15O5P/c10-6-2-1-3-7-15(14)9(13)5-4-8(11)12/h10H,1-7H2/p+1. The maximum Gasteiger partial charge on any atom is 0.414 e. The summed E-state index contributed by atoms with van der Waals surface area (Å²) in [5.74, 6) is -1.05. The molecule has 0 bridgehead atoms. The number of carbonyl (C=O) groups excluding carboxylic acids is 1. The van der Waals surface area contributed by atoms with Gasteiger partial charge in [-0.15, -0.1) is 0 Å². The van der Waals surface area contributed by atoms with Gasteiger partial charge in [0.2, 0.25) is 0 Å². The maximum absolute atomic E-state index is 11.3. The number of unbranched alkanes of at least 4 members (excludes halogenated alkanes) is 2. The minimum atomic E-state index is -1.92. The van der Waals surface area contributed by atoms with E-state index < -0.39 is 19.3 Å². The van der Waals surface area contributed by atoms with Crippen LogP contribution in [0, 0.1) is 0 Å². The largest absolute Gasteiger partial charge is 0.481 e. The second kappa shape index (κ2) is 8.50. The van der Waals surface area contributed by atoms with Crippen molar-refractivity contribution in [3.63, 3.8) is 0 Å². The second-order valence-corrected chi connectivity index (χ2v) is 4.88. The Labute approximate surface area is 89.3 Å². The van der Waals surface area contributed by atoms with Gasteiger partial charge in [-0.1, -0.05) is 4.57 Å². The van der Waals surface area contributed by atoms with Gasteiger partial charge in [0.1, 0.15) is 0 Å². The predicted molar refractivity (Wildman–Crippen MR) is 55.3 cm³/mol. The average molecular weight is 235 g/mol. The maximum atomic E-state index is 11.3. The zero-order valence-electron chi connectivity index (χ0n) is 8.52. The van der Waals surface area contributed by atoms with Crippen LogP contribution in [-0.4, -0.2) is 34.5 Å². The monoisotopic (exact) mass is 235 g/mol. The van der Waals surface area contributed by atoms with E-state index in [1.165, 1.54) is 0 Å². The number of aliphatic carboxylic acids is 1. The molecule has 0 fully saturated rings. The van der Waals surface area contributed by atoms with Gasteiger partial charge < -0.3 is 10.2 Å². The van der Waals surface area contributed by atoms with Gasteiger partial charge in [-0.05, 0) is 19.3 Å². The summed E-state index contributed by atoms with van der Waals surface area (Å²) in [6.45, 7) is 0.101. The Morgan fingerprint density at radius 3 is 2.27 bits per heavy atom. The van der Waals surface area contributed by atoms with Crippen LogP contribution in [0.4, 0.5) is 0 Å². The van der Waals surface area contributed by atoms with E-state index in [9.17, 15) is 14.2 Å². The summed E-state index contributed by atoms with van der Waals surface area (Å²) in [6, 6.07) is 0. The van der Waals surface area contributed by atoms with Gasteiger partial charge in [0.05, 0.1) is 12.8 Å². The zero-order valence-corrected chi connectivity index (χ0v) is 9.41. The first-order valence-electron chi connectivity index (χ1n) is 4.88. The van der Waals surface area contributed by atoms with E-state index in [1.807, 2.05) is 0 Å². The normalized spacial score (nSPS) is 11.1. The molecule has 0 saturated heterocycles. The summed E-state index contributed by atoms with van der Waals surface area (Å²) >= 11 is 0. The Morgan fingerprint density at radius 1 is 1.07 bits per heavy atom. The highest BCUT2D eigenvalue weighted by atomic mass is 31.1. The molecule has 0 aromatic rings. The van der Waals surface area contributed by atoms with Gasteiger partial charge >= 0.3 is 19.3 Å². The highest BCUT2D eigenvalue weighted by Gasteiger charge is 2.26. The summed E-state index contributed by atoms with van der Waals surface area (Å²) in [5, 5.41) is 16.8. The van der Waals surface area contributed by atoms with Crippen molar-refractivity contribution in [2.45, 2.75) is 32.1 Å². The number of carboxylic acids is 1. The van der Waals surface area contributed by atoms with E-state index >= 15 is 0 Å². The molecule has 15 heavy (non-hydrogen) atoms. The van der Waals surface area contributed by atoms with Crippen molar-refractivity contribution in [3.05, 3.63) is 0 Å². The average Bonchev–Trinajstić information content (AvgIpc) is 2.20. The Bertz CT molecular complexity index is 239. The topological polar surface area (TPSA) is 91.7 Å². The smallest absolute Gasteiger partial charge is 0.414 e. The highest BCUT2D eigenvalue weighted by Crippen LogP contribution is 2.26. The summed E-state index contributed by atoms with van der Waals surface area (Å²) < 4.78 is 11.3. The molecular formula is C9H16O5P+. The number of carbonyl (C=O) groups is 2. The number of aliphatic hydroxyl groups excluding tert-OH is 1. The molecule has 6 heteroatoms. The number of hydrogen-bond acceptors (Lipinski definition) is 4. The van der Waals surface area contributed by atoms with Crippen molar-refractivity contribution in [1.29, 1.82) is 0 Å². The fraction of sp³-hybridized carbons (Fsp3) is 0.778. The van der Waals surface area contributed by atoms with E-state index in [4.69, 9.17) is 10.2 Å². The van der Waals surface area contributed by atoms with E-state index in [0.717, 1.165) is 6.42 Å². The van der Waals surface area contributed by atoms with Crippen LogP contribution in [0.3, 0.4) is 0 Å². The van der Waals surface area contributed by atoms with Crippen molar-refractivity contribution in [1.82, 2.24) is 0 Å². The second-order valence-electron chi connectivity index (χ2n) is 3.17. The van der Waals surface area contributed by atoms with Gasteiger partial charge in [0.15, 0.2) is 6.16 Å². The lowest BCUT2D eigenvalue weighted by molar-refractivity contribution is -0.138. The molecule has 0 saturated carbocycles. The van der Waals surface area contributed by atoms with Gasteiger partial charge in [-0.2, -0.15) is 0 Å². The minimum absolute atomic E-state index is 0.101. The molecule has 0 heterocycles. The van der Waals surface area contributed by atoms with E-state index in [0.29, 0.717) is 19.0 Å². The van der Waals surface area contributed by atoms with Crippen molar-refractivity contribution in [2.24, 2.45) is 0 Å². The SMILES string of the molecule is O=C(O)CCC(=O)[P+](=O)CCCCCO. The van der Waals surface area contributed by atoms with Crippen LogP contribution in [0.1, 0.15) is 32.1 Å². The Kier molecular flexibility index (Phi) is 8.05. The molecule has 1 unspecified atom stereocenters. The molecule has 0 rings (SSSR count). The Morgan fingerprint density at radius 2 is 1.73 bits per heavy atom. The van der Waals surface area contributed by atoms with Crippen LogP contribution in [0.25, 0.3) is 0 Å². The lowest BCUT2D eigenvalue weighted by Crippen LogP contribution is -2.00. The van der Waals surface area contributed by atoms with Crippen molar-refractivity contribution in [2.75, 3.05) is 12.8 Å². The summed E-state index contributed by atoms with van der Waals surface area (Å²) in [5.41, 5.74) is -0.462. The lowest BCUT2D eigenvalue weighted by atomic mass is 10.3. The molecule has 0 amide bonds. The number of rotatable bonds is 9. The third-order valence-corrected chi connectivity index (χ3v) is 3.35. The molecule has 1 atom stereocenters. The molecule has 5 nitrogen and oxygen atoms in total. The van der Waals surface area contributed by atoms with Crippen LogP contribution >= 0.6 is 7.80 Å². The fourth-order valence-corrected chi connectivity index (χ4v) is 2.13. The van der Waals surface area contributed by atoms with Crippen LogP contribution < -0.4 is 0 Å². The third-order valence-electron chi connectivity index (χ3n) is 1.85. The summed E-state index contributed by atoms with van der Waals surface area (Å²) in [6.07, 6.45) is 1.92. The molecule has 0 radical (unpaired) electrons. The van der Waals surface area contributed by atoms with Gasteiger partial charge in [-0.3, -0.25) is 4.79 Å². The van der Waals surface area contributed by atoms with E-state index in [2.05, 4.69) is 0 Å². The number of aliphatic hydroxyl groups is 1. The molecule has 0 spiro atoms. The predicted octanol–water partition coefficient (Wildman–Crippen LogP) is 1.37. The summed E-state index contributed by atoms with van der Waals surface area (Å²) in [7, 11) is -1.92. The first kappa shape index (κ1) is 14.2. The fourth-order valence-electron chi connectivity index (χ4n) is 1.01. The van der Waals surface area contributed by atoms with Crippen LogP contribution in [0.15, 0.2) is 0 Å². The third kappa shape index (κ3) is 8.21. The lowest BCUT2D eigenvalue weighted by Gasteiger charge is -1.91. The molecule has 0 aliphatic carbocycles. The van der Waals surface area contributed by atoms with Gasteiger partial charge in [0, 0.05) is 6.61 Å². The molecule has 86 valence electrons. The van der Waals surface area contributed by atoms with Gasteiger partial charge in [0.25, 0.3) is 0 Å². The van der Waals surface area contributed by atoms with Crippen molar-refractivity contribution >= 4 is 19.3 Å². The van der Waals surface area contributed by atoms with E-state index in [-0.39, 0.29) is 19.4 Å². The van der Waals surface area contributed by atoms with Crippen LogP contribution in [0.2, 0.25) is 0 Å². The first-order valence-corrected chi connectivity index (χ1v) is 6.32. The first-order chi connectivity index (χ1) is 7.07. The Hall–Kier alpha value is -0.800. The highest BCUT2D eigenvalue weighted by molar-refractivity contribution is 7.63. The van der Waals surface area contributed by atoms with Crippen LogP contribution in [0.5, 0.6) is 0 Å². The Balaban J connectivity index is 3.60. The van der Waals surface area contributed by atoms with Crippen molar-refractivity contribution < 1.29 is 24.4 Å². The quantitative estimate of drug-likeness (QED) is 0.465. The molecule has 0 aromatic heterocycles. The van der Waals surface area contributed by atoms with Crippen LogP contribution in [-0.2, 0) is 14.2 Å². The number of hydrogen-bond donors (Lipinski definition) is 2. The molecular weight excluding hydrogens is 219 g/mol.